The van der Waals surface area contributed by atoms with Gasteiger partial charge in [0.15, 0.2) is 0 Å². The van der Waals surface area contributed by atoms with Crippen LogP contribution in [0.5, 0.6) is 0 Å². The SMILES string of the molecule is CC(C)CNC(=O)CSc1n[nH]c(CCC2CCCC2)n1. The molecule has 0 saturated heterocycles. The zero-order valence-electron chi connectivity index (χ0n) is 13.0. The first-order valence-corrected chi connectivity index (χ1v) is 8.93. The van der Waals surface area contributed by atoms with Crippen molar-refractivity contribution < 1.29 is 4.79 Å². The Bertz CT molecular complexity index is 441. The van der Waals surface area contributed by atoms with Crippen molar-refractivity contribution in [2.24, 2.45) is 11.8 Å². The Morgan fingerprint density at radius 2 is 2.19 bits per heavy atom. The lowest BCUT2D eigenvalue weighted by atomic mass is 10.0. The van der Waals surface area contributed by atoms with Crippen molar-refractivity contribution in [2.75, 3.05) is 12.3 Å². The maximum Gasteiger partial charge on any atom is 0.230 e. The van der Waals surface area contributed by atoms with Gasteiger partial charge in [-0.1, -0.05) is 51.3 Å². The van der Waals surface area contributed by atoms with Crippen LogP contribution in [0.1, 0.15) is 51.8 Å². The zero-order valence-corrected chi connectivity index (χ0v) is 13.8. The van der Waals surface area contributed by atoms with E-state index in [0.717, 1.165) is 24.7 Å². The molecular weight excluding hydrogens is 284 g/mol. The molecule has 1 fully saturated rings. The van der Waals surface area contributed by atoms with E-state index in [0.29, 0.717) is 16.8 Å². The van der Waals surface area contributed by atoms with Crippen LogP contribution in [0.4, 0.5) is 0 Å². The summed E-state index contributed by atoms with van der Waals surface area (Å²) in [4.78, 5) is 16.1. The van der Waals surface area contributed by atoms with E-state index >= 15 is 0 Å². The molecule has 0 spiro atoms. The lowest BCUT2D eigenvalue weighted by Gasteiger charge is -2.06. The summed E-state index contributed by atoms with van der Waals surface area (Å²) >= 11 is 1.39. The summed E-state index contributed by atoms with van der Waals surface area (Å²) in [5, 5.41) is 10.7. The average molecular weight is 310 g/mol. The Morgan fingerprint density at radius 3 is 2.90 bits per heavy atom. The fraction of sp³-hybridized carbons (Fsp3) is 0.800. The molecule has 1 aliphatic carbocycles. The normalized spacial score (nSPS) is 15.8. The number of hydrogen-bond acceptors (Lipinski definition) is 4. The molecule has 6 heteroatoms. The first-order chi connectivity index (χ1) is 10.1. The number of aryl methyl sites for hydroxylation is 1. The van der Waals surface area contributed by atoms with Crippen molar-refractivity contribution in [1.29, 1.82) is 0 Å². The average Bonchev–Trinajstić information content (AvgIpc) is 3.11. The minimum atomic E-state index is 0.0472. The second-order valence-corrected chi connectivity index (χ2v) is 7.18. The molecule has 1 saturated carbocycles. The number of aromatic amines is 1. The van der Waals surface area contributed by atoms with Crippen LogP contribution in [0.25, 0.3) is 0 Å². The molecule has 21 heavy (non-hydrogen) atoms. The maximum absolute atomic E-state index is 11.6. The van der Waals surface area contributed by atoms with E-state index in [-0.39, 0.29) is 5.91 Å². The predicted molar refractivity (Wildman–Crippen MR) is 85.2 cm³/mol. The minimum absolute atomic E-state index is 0.0472. The topological polar surface area (TPSA) is 70.7 Å². The number of rotatable bonds is 8. The summed E-state index contributed by atoms with van der Waals surface area (Å²) in [6.45, 7) is 4.89. The third kappa shape index (κ3) is 6.08. The second-order valence-electron chi connectivity index (χ2n) is 6.24. The van der Waals surface area contributed by atoms with Gasteiger partial charge < -0.3 is 5.32 Å². The summed E-state index contributed by atoms with van der Waals surface area (Å²) in [6, 6.07) is 0. The monoisotopic (exact) mass is 310 g/mol. The highest BCUT2D eigenvalue weighted by molar-refractivity contribution is 7.99. The van der Waals surface area contributed by atoms with E-state index < -0.39 is 0 Å². The van der Waals surface area contributed by atoms with Gasteiger partial charge in [-0.25, -0.2) is 4.98 Å². The number of amides is 1. The van der Waals surface area contributed by atoms with Crippen LogP contribution in [0.15, 0.2) is 5.16 Å². The van der Waals surface area contributed by atoms with Gasteiger partial charge in [0.05, 0.1) is 5.75 Å². The molecule has 0 aliphatic heterocycles. The zero-order chi connectivity index (χ0) is 15.1. The summed E-state index contributed by atoms with van der Waals surface area (Å²) < 4.78 is 0. The predicted octanol–water partition coefficient (Wildman–Crippen LogP) is 2.79. The van der Waals surface area contributed by atoms with Crippen LogP contribution in [0, 0.1) is 11.8 Å². The molecule has 118 valence electrons. The Kier molecular flexibility index (Phi) is 6.54. The van der Waals surface area contributed by atoms with E-state index in [9.17, 15) is 4.79 Å². The van der Waals surface area contributed by atoms with Crippen LogP contribution >= 0.6 is 11.8 Å². The molecule has 0 radical (unpaired) electrons. The van der Waals surface area contributed by atoms with E-state index in [1.54, 1.807) is 0 Å². The van der Waals surface area contributed by atoms with Crippen molar-refractivity contribution in [3.63, 3.8) is 0 Å². The van der Waals surface area contributed by atoms with Gasteiger partial charge in [0.1, 0.15) is 5.82 Å². The number of nitrogens with zero attached hydrogens (tertiary/aromatic N) is 2. The van der Waals surface area contributed by atoms with Gasteiger partial charge in [0, 0.05) is 13.0 Å². The molecule has 1 amide bonds. The van der Waals surface area contributed by atoms with Crippen molar-refractivity contribution in [2.45, 2.75) is 57.5 Å². The molecule has 0 unspecified atom stereocenters. The van der Waals surface area contributed by atoms with Gasteiger partial charge in [-0.3, -0.25) is 9.89 Å². The second kappa shape index (κ2) is 8.41. The quantitative estimate of drug-likeness (QED) is 0.724. The fourth-order valence-electron chi connectivity index (χ4n) is 2.59. The van der Waals surface area contributed by atoms with Crippen LogP contribution in [-0.2, 0) is 11.2 Å². The first kappa shape index (κ1) is 16.3. The highest BCUT2D eigenvalue weighted by Crippen LogP contribution is 2.28. The van der Waals surface area contributed by atoms with Gasteiger partial charge in [0.25, 0.3) is 0 Å². The van der Waals surface area contributed by atoms with Crippen molar-refractivity contribution in [3.05, 3.63) is 5.82 Å². The number of carbonyl (C=O) groups is 1. The molecule has 1 aromatic rings. The van der Waals surface area contributed by atoms with Crippen molar-refractivity contribution in [1.82, 2.24) is 20.5 Å². The van der Waals surface area contributed by atoms with Crippen molar-refractivity contribution >= 4 is 17.7 Å². The summed E-state index contributed by atoms with van der Waals surface area (Å²) in [5.41, 5.74) is 0. The molecule has 2 N–H and O–H groups in total. The molecular formula is C15H26N4OS. The van der Waals surface area contributed by atoms with Crippen molar-refractivity contribution in [3.8, 4) is 0 Å². The van der Waals surface area contributed by atoms with E-state index in [1.807, 2.05) is 0 Å². The Balaban J connectivity index is 1.66. The lowest BCUT2D eigenvalue weighted by molar-refractivity contribution is -0.118. The molecule has 1 heterocycles. The summed E-state index contributed by atoms with van der Waals surface area (Å²) in [7, 11) is 0. The number of hydrogen-bond donors (Lipinski definition) is 2. The van der Waals surface area contributed by atoms with Gasteiger partial charge >= 0.3 is 0 Å². The van der Waals surface area contributed by atoms with Gasteiger partial charge in [0.2, 0.25) is 11.1 Å². The lowest BCUT2D eigenvalue weighted by Crippen LogP contribution is -2.28. The Hall–Kier alpha value is -1.04. The molecule has 5 nitrogen and oxygen atoms in total. The Labute approximate surface area is 131 Å². The van der Waals surface area contributed by atoms with E-state index in [2.05, 4.69) is 34.3 Å². The van der Waals surface area contributed by atoms with E-state index in [4.69, 9.17) is 0 Å². The number of aromatic nitrogens is 3. The number of H-pyrrole nitrogens is 1. The van der Waals surface area contributed by atoms with Gasteiger partial charge in [-0.2, -0.15) is 0 Å². The Morgan fingerprint density at radius 1 is 1.43 bits per heavy atom. The maximum atomic E-state index is 11.6. The molecule has 0 bridgehead atoms. The number of carbonyl (C=O) groups excluding carboxylic acids is 1. The third-order valence-corrected chi connectivity index (χ3v) is 4.66. The van der Waals surface area contributed by atoms with Gasteiger partial charge in [-0.15, -0.1) is 5.10 Å². The summed E-state index contributed by atoms with van der Waals surface area (Å²) in [5.74, 6) is 2.72. The largest absolute Gasteiger partial charge is 0.355 e. The number of nitrogens with one attached hydrogen (secondary N) is 2. The van der Waals surface area contributed by atoms with E-state index in [1.165, 1.54) is 43.9 Å². The molecule has 1 aliphatic rings. The molecule has 0 atom stereocenters. The van der Waals surface area contributed by atoms with Crippen LogP contribution < -0.4 is 5.32 Å². The fourth-order valence-corrected chi connectivity index (χ4v) is 3.24. The minimum Gasteiger partial charge on any atom is -0.355 e. The van der Waals surface area contributed by atoms with Crippen LogP contribution in [-0.4, -0.2) is 33.4 Å². The number of thioether (sulfide) groups is 1. The standard InChI is InChI=1S/C15H26N4OS/c1-11(2)9-16-14(20)10-21-15-17-13(18-19-15)8-7-12-5-3-4-6-12/h11-12H,3-10H2,1-2H3,(H,16,20)(H,17,18,19). The van der Waals surface area contributed by atoms with Crippen LogP contribution in [0.2, 0.25) is 0 Å². The highest BCUT2D eigenvalue weighted by Gasteiger charge is 2.15. The first-order valence-electron chi connectivity index (χ1n) is 7.94. The van der Waals surface area contributed by atoms with Crippen LogP contribution in [0.3, 0.4) is 0 Å². The summed E-state index contributed by atoms with van der Waals surface area (Å²) in [6.07, 6.45) is 7.67. The molecule has 1 aromatic heterocycles. The third-order valence-electron chi connectivity index (χ3n) is 3.82. The smallest absolute Gasteiger partial charge is 0.230 e. The van der Waals surface area contributed by atoms with Gasteiger partial charge in [-0.05, 0) is 18.3 Å². The highest BCUT2D eigenvalue weighted by atomic mass is 32.2. The molecule has 2 rings (SSSR count). The molecule has 0 aromatic carbocycles.